The fraction of sp³-hybridized carbons (Fsp3) is 0.158. The zero-order valence-electron chi connectivity index (χ0n) is 14.4. The van der Waals surface area contributed by atoms with Crippen LogP contribution < -0.4 is 10.6 Å². The van der Waals surface area contributed by atoms with Crippen molar-refractivity contribution in [1.29, 1.82) is 0 Å². The lowest BCUT2D eigenvalue weighted by Crippen LogP contribution is -2.19. The Balaban J connectivity index is 1.65. The van der Waals surface area contributed by atoms with E-state index in [9.17, 15) is 0 Å². The highest BCUT2D eigenvalue weighted by Gasteiger charge is 2.07. The molecule has 0 aliphatic rings. The first-order chi connectivity index (χ1) is 12.4. The molecular formula is C19H18Cl2N4S. The van der Waals surface area contributed by atoms with Crippen molar-refractivity contribution in [3.05, 3.63) is 75.4 Å². The number of nitrogens with zero attached hydrogens (tertiary/aromatic N) is 2. The van der Waals surface area contributed by atoms with Gasteiger partial charge >= 0.3 is 0 Å². The molecule has 0 unspecified atom stereocenters. The Kier molecular flexibility index (Phi) is 5.81. The van der Waals surface area contributed by atoms with Crippen LogP contribution in [0.1, 0.15) is 16.8 Å². The highest BCUT2D eigenvalue weighted by Crippen LogP contribution is 2.20. The molecule has 2 N–H and O–H groups in total. The van der Waals surface area contributed by atoms with Gasteiger partial charge in [-0.05, 0) is 61.5 Å². The monoisotopic (exact) mass is 404 g/mol. The van der Waals surface area contributed by atoms with E-state index < -0.39 is 0 Å². The smallest absolute Gasteiger partial charge is 0.176 e. The molecule has 1 heterocycles. The van der Waals surface area contributed by atoms with E-state index >= 15 is 0 Å². The maximum absolute atomic E-state index is 6.14. The van der Waals surface area contributed by atoms with Gasteiger partial charge in [0, 0.05) is 27.5 Å². The van der Waals surface area contributed by atoms with Gasteiger partial charge in [-0.1, -0.05) is 41.4 Å². The van der Waals surface area contributed by atoms with Crippen LogP contribution in [0, 0.1) is 13.8 Å². The van der Waals surface area contributed by atoms with Crippen LogP contribution in [0.4, 0.5) is 11.5 Å². The summed E-state index contributed by atoms with van der Waals surface area (Å²) in [5.74, 6) is 0.687. The van der Waals surface area contributed by atoms with Gasteiger partial charge in [-0.2, -0.15) is 5.10 Å². The van der Waals surface area contributed by atoms with E-state index in [-0.39, 0.29) is 0 Å². The van der Waals surface area contributed by atoms with E-state index in [1.807, 2.05) is 67.1 Å². The van der Waals surface area contributed by atoms with Crippen LogP contribution in [0.3, 0.4) is 0 Å². The number of benzene rings is 2. The van der Waals surface area contributed by atoms with E-state index in [2.05, 4.69) is 15.7 Å². The molecule has 0 saturated heterocycles. The van der Waals surface area contributed by atoms with Crippen LogP contribution in [0.2, 0.25) is 10.0 Å². The second-order valence-electron chi connectivity index (χ2n) is 6.00. The van der Waals surface area contributed by atoms with Gasteiger partial charge in [0.25, 0.3) is 0 Å². The zero-order chi connectivity index (χ0) is 18.7. The van der Waals surface area contributed by atoms with E-state index in [0.29, 0.717) is 22.5 Å². The Hall–Kier alpha value is -2.08. The van der Waals surface area contributed by atoms with Crippen molar-refractivity contribution in [3.63, 3.8) is 0 Å². The van der Waals surface area contributed by atoms with Crippen LogP contribution in [-0.4, -0.2) is 14.9 Å². The molecule has 0 spiro atoms. The molecule has 3 aromatic rings. The van der Waals surface area contributed by atoms with Crippen LogP contribution in [-0.2, 0) is 6.54 Å². The summed E-state index contributed by atoms with van der Waals surface area (Å²) in [6, 6.07) is 15.4. The van der Waals surface area contributed by atoms with Crippen molar-refractivity contribution in [1.82, 2.24) is 9.78 Å². The molecule has 2 aromatic carbocycles. The van der Waals surface area contributed by atoms with Crippen molar-refractivity contribution in [3.8, 4) is 0 Å². The molecule has 0 aliphatic carbocycles. The van der Waals surface area contributed by atoms with Crippen LogP contribution in [0.5, 0.6) is 0 Å². The van der Waals surface area contributed by atoms with E-state index in [4.69, 9.17) is 35.4 Å². The number of hydrogen-bond acceptors (Lipinski definition) is 2. The molecule has 3 rings (SSSR count). The molecule has 0 aliphatic heterocycles. The highest BCUT2D eigenvalue weighted by atomic mass is 35.5. The van der Waals surface area contributed by atoms with Gasteiger partial charge in [0.1, 0.15) is 0 Å². The van der Waals surface area contributed by atoms with Crippen molar-refractivity contribution in [2.24, 2.45) is 0 Å². The number of nitrogens with one attached hydrogen (secondary N) is 2. The third-order valence-corrected chi connectivity index (χ3v) is 4.76. The summed E-state index contributed by atoms with van der Waals surface area (Å²) in [4.78, 5) is 0. The molecule has 0 saturated carbocycles. The van der Waals surface area contributed by atoms with Crippen molar-refractivity contribution < 1.29 is 0 Å². The van der Waals surface area contributed by atoms with Crippen molar-refractivity contribution in [2.45, 2.75) is 20.4 Å². The number of hydrogen-bond donors (Lipinski definition) is 2. The molecule has 7 heteroatoms. The lowest BCUT2D eigenvalue weighted by Gasteiger charge is -2.09. The number of aryl methyl sites for hydroxylation is 2. The highest BCUT2D eigenvalue weighted by molar-refractivity contribution is 7.80. The largest absolute Gasteiger partial charge is 0.332 e. The van der Waals surface area contributed by atoms with Gasteiger partial charge in [0.2, 0.25) is 0 Å². The summed E-state index contributed by atoms with van der Waals surface area (Å²) < 4.78 is 1.91. The van der Waals surface area contributed by atoms with E-state index in [0.717, 1.165) is 27.5 Å². The standard InChI is InChI=1S/C19H18Cl2N4S/c1-12-3-8-16(10-17(12)21)22-19(26)23-18-9-13(2)25(24-18)11-14-4-6-15(20)7-5-14/h3-10H,11H2,1-2H3,(H2,22,23,24,26). The average molecular weight is 405 g/mol. The second kappa shape index (κ2) is 8.08. The van der Waals surface area contributed by atoms with Crippen molar-refractivity contribution >= 4 is 52.0 Å². The molecule has 4 nitrogen and oxygen atoms in total. The summed E-state index contributed by atoms with van der Waals surface area (Å²) in [6.45, 7) is 4.63. The quantitative estimate of drug-likeness (QED) is 0.550. The van der Waals surface area contributed by atoms with E-state index in [1.54, 1.807) is 0 Å². The average Bonchev–Trinajstić information content (AvgIpc) is 2.92. The second-order valence-corrected chi connectivity index (χ2v) is 7.25. The van der Waals surface area contributed by atoms with Crippen molar-refractivity contribution in [2.75, 3.05) is 10.6 Å². The maximum Gasteiger partial charge on any atom is 0.176 e. The Morgan fingerprint density at radius 2 is 1.77 bits per heavy atom. The molecule has 134 valence electrons. The van der Waals surface area contributed by atoms with Gasteiger partial charge in [-0.15, -0.1) is 0 Å². The molecule has 26 heavy (non-hydrogen) atoms. The van der Waals surface area contributed by atoms with Crippen LogP contribution in [0.15, 0.2) is 48.5 Å². The summed E-state index contributed by atoms with van der Waals surface area (Å²) in [5, 5.41) is 12.7. The van der Waals surface area contributed by atoms with Crippen LogP contribution >= 0.6 is 35.4 Å². The summed E-state index contributed by atoms with van der Waals surface area (Å²) >= 11 is 17.4. The SMILES string of the molecule is Cc1ccc(NC(=S)Nc2cc(C)n(Cc3ccc(Cl)cc3)n2)cc1Cl. The Morgan fingerprint density at radius 3 is 2.46 bits per heavy atom. The Labute approximate surface area is 168 Å². The normalized spacial score (nSPS) is 10.6. The molecule has 0 atom stereocenters. The minimum atomic E-state index is 0.459. The van der Waals surface area contributed by atoms with E-state index in [1.165, 1.54) is 0 Å². The predicted molar refractivity (Wildman–Crippen MR) is 114 cm³/mol. The topological polar surface area (TPSA) is 41.9 Å². The number of rotatable bonds is 4. The zero-order valence-corrected chi connectivity index (χ0v) is 16.7. The molecule has 0 amide bonds. The number of thiocarbonyl (C=S) groups is 1. The third kappa shape index (κ3) is 4.75. The van der Waals surface area contributed by atoms with Gasteiger partial charge in [-0.25, -0.2) is 0 Å². The van der Waals surface area contributed by atoms with Gasteiger partial charge in [0.05, 0.1) is 6.54 Å². The Bertz CT molecular complexity index is 935. The predicted octanol–water partition coefficient (Wildman–Crippen LogP) is 5.66. The molecular weight excluding hydrogens is 387 g/mol. The number of anilines is 2. The molecule has 0 bridgehead atoms. The first kappa shape index (κ1) is 18.7. The summed E-state index contributed by atoms with van der Waals surface area (Å²) in [6.07, 6.45) is 0. The van der Waals surface area contributed by atoms with Crippen LogP contribution in [0.25, 0.3) is 0 Å². The fourth-order valence-corrected chi connectivity index (χ4v) is 2.97. The van der Waals surface area contributed by atoms with Gasteiger partial charge < -0.3 is 10.6 Å². The minimum Gasteiger partial charge on any atom is -0.332 e. The first-order valence-electron chi connectivity index (χ1n) is 8.04. The fourth-order valence-electron chi connectivity index (χ4n) is 2.44. The van der Waals surface area contributed by atoms with Gasteiger partial charge in [0.15, 0.2) is 10.9 Å². The number of aromatic nitrogens is 2. The summed E-state index contributed by atoms with van der Waals surface area (Å²) in [7, 11) is 0. The maximum atomic E-state index is 6.14. The molecule has 0 fully saturated rings. The third-order valence-electron chi connectivity index (χ3n) is 3.90. The molecule has 1 aromatic heterocycles. The minimum absolute atomic E-state index is 0.459. The first-order valence-corrected chi connectivity index (χ1v) is 9.20. The summed E-state index contributed by atoms with van der Waals surface area (Å²) in [5.41, 5.74) is 4.01. The Morgan fingerprint density at radius 1 is 1.04 bits per heavy atom. The lowest BCUT2D eigenvalue weighted by molar-refractivity contribution is 0.668. The number of halogens is 2. The molecule has 0 radical (unpaired) electrons. The lowest BCUT2D eigenvalue weighted by atomic mass is 10.2. The van der Waals surface area contributed by atoms with Gasteiger partial charge in [-0.3, -0.25) is 4.68 Å².